The predicted molar refractivity (Wildman–Crippen MR) is 81.5 cm³/mol. The Morgan fingerprint density at radius 1 is 1.41 bits per heavy atom. The Kier molecular flexibility index (Phi) is 4.78. The van der Waals surface area contributed by atoms with Crippen molar-refractivity contribution in [3.63, 3.8) is 0 Å². The van der Waals surface area contributed by atoms with Gasteiger partial charge in [0.2, 0.25) is 5.91 Å². The first-order chi connectivity index (χ1) is 10.4. The number of nitrogens with one attached hydrogen (secondary N) is 1. The zero-order chi connectivity index (χ0) is 16.2. The number of carbonyl (C=O) groups excluding carboxylic acids is 1. The van der Waals surface area contributed by atoms with E-state index in [4.69, 9.17) is 4.42 Å². The molecule has 0 aliphatic rings. The van der Waals surface area contributed by atoms with E-state index in [1.807, 2.05) is 0 Å². The fraction of sp³-hybridized carbons (Fsp3) is 0.235. The first kappa shape index (κ1) is 16.0. The molecule has 0 aliphatic heterocycles. The zero-order valence-corrected chi connectivity index (χ0v) is 12.5. The normalized spacial score (nSPS) is 14.0. The van der Waals surface area contributed by atoms with Gasteiger partial charge in [0, 0.05) is 6.08 Å². The molecular weight excluding hydrogens is 285 g/mol. The number of furan rings is 1. The average molecular weight is 303 g/mol. The summed E-state index contributed by atoms with van der Waals surface area (Å²) in [5.41, 5.74) is -0.708. The Labute approximate surface area is 128 Å². The molecule has 1 atom stereocenters. The van der Waals surface area contributed by atoms with Crippen LogP contribution in [0.2, 0.25) is 0 Å². The highest BCUT2D eigenvalue weighted by Crippen LogP contribution is 2.21. The van der Waals surface area contributed by atoms with Crippen LogP contribution >= 0.6 is 0 Å². The Bertz CT molecular complexity index is 689. The molecule has 2 aromatic rings. The Morgan fingerprint density at radius 3 is 2.82 bits per heavy atom. The summed E-state index contributed by atoms with van der Waals surface area (Å²) in [6.45, 7) is 3.34. The second-order valence-corrected chi connectivity index (χ2v) is 5.29. The van der Waals surface area contributed by atoms with Crippen LogP contribution in [-0.2, 0) is 10.4 Å². The highest BCUT2D eigenvalue weighted by atomic mass is 19.1. The number of amides is 1. The number of aliphatic hydroxyl groups is 1. The number of halogens is 1. The van der Waals surface area contributed by atoms with Crippen molar-refractivity contribution in [2.75, 3.05) is 6.54 Å². The maximum absolute atomic E-state index is 13.0. The lowest BCUT2D eigenvalue weighted by Gasteiger charge is -2.20. The number of hydrogen-bond acceptors (Lipinski definition) is 3. The molecule has 1 amide bonds. The van der Waals surface area contributed by atoms with Crippen molar-refractivity contribution < 1.29 is 18.7 Å². The minimum atomic E-state index is -1.30. The van der Waals surface area contributed by atoms with Crippen molar-refractivity contribution in [3.8, 4) is 0 Å². The zero-order valence-electron chi connectivity index (χ0n) is 12.5. The third kappa shape index (κ3) is 4.30. The van der Waals surface area contributed by atoms with Crippen LogP contribution in [-0.4, -0.2) is 17.6 Å². The van der Waals surface area contributed by atoms with Gasteiger partial charge in [0.1, 0.15) is 22.9 Å². The molecule has 0 saturated carbocycles. The van der Waals surface area contributed by atoms with E-state index in [2.05, 4.69) is 5.32 Å². The fourth-order valence-corrected chi connectivity index (χ4v) is 1.91. The van der Waals surface area contributed by atoms with Crippen LogP contribution in [0.4, 0.5) is 4.39 Å². The van der Waals surface area contributed by atoms with Gasteiger partial charge in [-0.3, -0.25) is 4.79 Å². The lowest BCUT2D eigenvalue weighted by molar-refractivity contribution is -0.117. The Hall–Kier alpha value is -2.40. The molecule has 2 rings (SSSR count). The molecule has 1 aromatic carbocycles. The second kappa shape index (κ2) is 6.58. The highest BCUT2D eigenvalue weighted by molar-refractivity contribution is 5.91. The summed E-state index contributed by atoms with van der Waals surface area (Å²) in [5.74, 6) is 0.332. The monoisotopic (exact) mass is 303 g/mol. The van der Waals surface area contributed by atoms with Gasteiger partial charge < -0.3 is 14.8 Å². The molecule has 0 radical (unpaired) electrons. The molecule has 4 nitrogen and oxygen atoms in total. The summed E-state index contributed by atoms with van der Waals surface area (Å²) >= 11 is 0. The van der Waals surface area contributed by atoms with Gasteiger partial charge in [-0.15, -0.1) is 0 Å². The number of hydrogen-bond donors (Lipinski definition) is 2. The smallest absolute Gasteiger partial charge is 0.244 e. The number of rotatable bonds is 5. The molecule has 0 bridgehead atoms. The van der Waals surface area contributed by atoms with Crippen LogP contribution in [0.25, 0.3) is 6.08 Å². The molecule has 1 heterocycles. The van der Waals surface area contributed by atoms with Crippen molar-refractivity contribution in [2.24, 2.45) is 0 Å². The highest BCUT2D eigenvalue weighted by Gasteiger charge is 2.27. The molecule has 1 aromatic heterocycles. The molecule has 0 fully saturated rings. The van der Waals surface area contributed by atoms with Crippen molar-refractivity contribution in [1.29, 1.82) is 0 Å². The van der Waals surface area contributed by atoms with Crippen LogP contribution in [0.3, 0.4) is 0 Å². The lowest BCUT2D eigenvalue weighted by Crippen LogP contribution is -2.37. The third-order valence-corrected chi connectivity index (χ3v) is 3.15. The van der Waals surface area contributed by atoms with Crippen molar-refractivity contribution in [2.45, 2.75) is 19.4 Å². The fourth-order valence-electron chi connectivity index (χ4n) is 1.91. The summed E-state index contributed by atoms with van der Waals surface area (Å²) in [5, 5.41) is 12.9. The maximum Gasteiger partial charge on any atom is 0.244 e. The van der Waals surface area contributed by atoms with Gasteiger partial charge in [-0.1, -0.05) is 12.1 Å². The average Bonchev–Trinajstić information content (AvgIpc) is 2.91. The Morgan fingerprint density at radius 2 is 2.18 bits per heavy atom. The van der Waals surface area contributed by atoms with Gasteiger partial charge >= 0.3 is 0 Å². The second-order valence-electron chi connectivity index (χ2n) is 5.29. The van der Waals surface area contributed by atoms with Crippen LogP contribution in [0.5, 0.6) is 0 Å². The summed E-state index contributed by atoms with van der Waals surface area (Å²) in [6.07, 6.45) is 2.79. The Balaban J connectivity index is 1.92. The van der Waals surface area contributed by atoms with Gasteiger partial charge in [0.05, 0.1) is 6.54 Å². The van der Waals surface area contributed by atoms with Gasteiger partial charge in [-0.2, -0.15) is 0 Å². The van der Waals surface area contributed by atoms with E-state index in [0.717, 1.165) is 0 Å². The largest absolute Gasteiger partial charge is 0.463 e. The van der Waals surface area contributed by atoms with E-state index >= 15 is 0 Å². The molecule has 2 N–H and O–H groups in total. The first-order valence-corrected chi connectivity index (χ1v) is 6.87. The number of carbonyl (C=O) groups is 1. The van der Waals surface area contributed by atoms with E-state index in [0.29, 0.717) is 17.1 Å². The minimum Gasteiger partial charge on any atom is -0.463 e. The lowest BCUT2D eigenvalue weighted by atomic mass is 10.0. The molecule has 1 unspecified atom stereocenters. The number of aryl methyl sites for hydroxylation is 1. The van der Waals surface area contributed by atoms with Crippen LogP contribution < -0.4 is 5.32 Å². The summed E-state index contributed by atoms with van der Waals surface area (Å²) < 4.78 is 18.4. The topological polar surface area (TPSA) is 62.5 Å². The SMILES string of the molecule is Cc1ccc(C(C)(O)CNC(=O)/C=C/c2cccc(F)c2)o1. The van der Waals surface area contributed by atoms with Gasteiger partial charge in [0.15, 0.2) is 0 Å². The predicted octanol–water partition coefficient (Wildman–Crippen LogP) is 2.76. The quantitative estimate of drug-likeness (QED) is 0.835. The molecule has 0 saturated heterocycles. The van der Waals surface area contributed by atoms with Crippen LogP contribution in [0, 0.1) is 12.7 Å². The van der Waals surface area contributed by atoms with E-state index in [1.54, 1.807) is 38.1 Å². The van der Waals surface area contributed by atoms with Gasteiger partial charge in [0.25, 0.3) is 0 Å². The maximum atomic E-state index is 13.0. The van der Waals surface area contributed by atoms with Gasteiger partial charge in [-0.25, -0.2) is 4.39 Å². The summed E-state index contributed by atoms with van der Waals surface area (Å²) in [4.78, 5) is 11.8. The molecular formula is C17H18FNO3. The summed E-state index contributed by atoms with van der Waals surface area (Å²) in [6, 6.07) is 9.33. The summed E-state index contributed by atoms with van der Waals surface area (Å²) in [7, 11) is 0. The number of benzene rings is 1. The molecule has 116 valence electrons. The van der Waals surface area contributed by atoms with E-state index < -0.39 is 5.60 Å². The van der Waals surface area contributed by atoms with Crippen LogP contribution in [0.15, 0.2) is 46.9 Å². The van der Waals surface area contributed by atoms with E-state index in [1.165, 1.54) is 24.3 Å². The van der Waals surface area contributed by atoms with Crippen molar-refractivity contribution in [3.05, 3.63) is 65.4 Å². The standard InChI is InChI=1S/C17H18FNO3/c1-12-6-8-15(22-12)17(2,21)11-19-16(20)9-7-13-4-3-5-14(18)10-13/h3-10,21H,11H2,1-2H3,(H,19,20)/b9-7+. The molecule has 5 heteroatoms. The third-order valence-electron chi connectivity index (χ3n) is 3.15. The first-order valence-electron chi connectivity index (χ1n) is 6.87. The minimum absolute atomic E-state index is 0.00623. The van der Waals surface area contributed by atoms with Gasteiger partial charge in [-0.05, 0) is 49.8 Å². The van der Waals surface area contributed by atoms with Crippen molar-refractivity contribution >= 4 is 12.0 Å². The molecule has 0 aliphatic carbocycles. The van der Waals surface area contributed by atoms with E-state index in [9.17, 15) is 14.3 Å². The van der Waals surface area contributed by atoms with E-state index in [-0.39, 0.29) is 18.3 Å². The molecule has 22 heavy (non-hydrogen) atoms. The van der Waals surface area contributed by atoms with Crippen LogP contribution in [0.1, 0.15) is 24.0 Å². The molecule has 0 spiro atoms. The van der Waals surface area contributed by atoms with Crippen molar-refractivity contribution in [1.82, 2.24) is 5.32 Å².